The number of anilines is 1. The Balaban J connectivity index is 1.41. The first kappa shape index (κ1) is 24.7. The smallest absolute Gasteiger partial charge is 0.251 e. The van der Waals surface area contributed by atoms with Gasteiger partial charge in [0.15, 0.2) is 0 Å². The number of fused-ring (bicyclic) bond motifs is 1. The first-order valence-corrected chi connectivity index (χ1v) is 13.0. The lowest BCUT2D eigenvalue weighted by Crippen LogP contribution is -2.31. The molecule has 2 heterocycles. The molecule has 0 aliphatic carbocycles. The van der Waals surface area contributed by atoms with Crippen LogP contribution in [0.2, 0.25) is 0 Å². The molecule has 0 spiro atoms. The third-order valence-corrected chi connectivity index (χ3v) is 7.50. The van der Waals surface area contributed by atoms with E-state index in [1.807, 2.05) is 12.1 Å². The molecule has 0 fully saturated rings. The highest BCUT2D eigenvalue weighted by Gasteiger charge is 2.22. The summed E-state index contributed by atoms with van der Waals surface area (Å²) in [6.07, 6.45) is 2.74. The van der Waals surface area contributed by atoms with Gasteiger partial charge in [0.05, 0.1) is 7.11 Å². The van der Waals surface area contributed by atoms with Crippen LogP contribution in [0.15, 0.2) is 65.7 Å². The largest absolute Gasteiger partial charge is 0.495 e. The molecule has 0 unspecified atom stereocenters. The summed E-state index contributed by atoms with van der Waals surface area (Å²) in [6, 6.07) is 16.4. The van der Waals surface area contributed by atoms with Gasteiger partial charge in [0.2, 0.25) is 10.0 Å². The van der Waals surface area contributed by atoms with Crippen LogP contribution in [0.4, 0.5) is 5.82 Å². The fraction of sp³-hybridized carbons (Fsp3) is 0.308. The summed E-state index contributed by atoms with van der Waals surface area (Å²) in [6.45, 7) is 5.46. The number of benzene rings is 2. The Labute approximate surface area is 206 Å². The number of nitrogens with zero attached hydrogens (tertiary/aromatic N) is 2. The van der Waals surface area contributed by atoms with Crippen LogP contribution in [-0.2, 0) is 29.5 Å². The molecule has 2 N–H and O–H groups in total. The number of sulfonamides is 1. The summed E-state index contributed by atoms with van der Waals surface area (Å²) in [4.78, 5) is 19.5. The number of aromatic nitrogens is 1. The van der Waals surface area contributed by atoms with Gasteiger partial charge in [0.25, 0.3) is 5.91 Å². The van der Waals surface area contributed by atoms with Crippen molar-refractivity contribution < 1.29 is 17.9 Å². The molecule has 4 rings (SSSR count). The number of hydrogen-bond acceptors (Lipinski definition) is 6. The number of nitrogens with one attached hydrogen (secondary N) is 2. The Hall–Kier alpha value is -3.43. The van der Waals surface area contributed by atoms with Crippen molar-refractivity contribution in [3.63, 3.8) is 0 Å². The lowest BCUT2D eigenvalue weighted by Gasteiger charge is -2.29. The lowest BCUT2D eigenvalue weighted by molar-refractivity contribution is 0.0950. The molecule has 1 aliphatic heterocycles. The summed E-state index contributed by atoms with van der Waals surface area (Å²) in [5, 5.41) is 2.84. The molecule has 0 atom stereocenters. The minimum absolute atomic E-state index is 0.0736. The molecule has 3 aromatic rings. The van der Waals surface area contributed by atoms with Crippen molar-refractivity contribution >= 4 is 21.7 Å². The number of rotatable bonds is 8. The van der Waals surface area contributed by atoms with Crippen LogP contribution in [0.1, 0.15) is 40.9 Å². The standard InChI is InChI=1S/C26H30N4O4S/c1-18(2)29-35(32,33)24-14-21(9-10-23(24)34-3)26(31)28-16-19-8-11-25(27-15-19)30-13-12-20-6-4-5-7-22(20)17-30/h4-11,14-15,18,29H,12-13,16-17H2,1-3H3,(H,28,31). The van der Waals surface area contributed by atoms with Crippen LogP contribution >= 0.6 is 0 Å². The van der Waals surface area contributed by atoms with Crippen molar-refractivity contribution in [2.24, 2.45) is 0 Å². The average molecular weight is 495 g/mol. The van der Waals surface area contributed by atoms with Crippen molar-refractivity contribution in [2.45, 2.75) is 44.3 Å². The van der Waals surface area contributed by atoms with Gasteiger partial charge in [-0.3, -0.25) is 4.79 Å². The van der Waals surface area contributed by atoms with E-state index in [4.69, 9.17) is 4.74 Å². The van der Waals surface area contributed by atoms with Gasteiger partial charge in [-0.1, -0.05) is 30.3 Å². The molecule has 0 saturated heterocycles. The fourth-order valence-electron chi connectivity index (χ4n) is 4.09. The molecular weight excluding hydrogens is 464 g/mol. The van der Waals surface area contributed by atoms with E-state index < -0.39 is 10.0 Å². The van der Waals surface area contributed by atoms with Crippen LogP contribution in [0, 0.1) is 0 Å². The zero-order valence-corrected chi connectivity index (χ0v) is 20.9. The van der Waals surface area contributed by atoms with E-state index in [1.165, 1.54) is 36.4 Å². The van der Waals surface area contributed by atoms with E-state index >= 15 is 0 Å². The van der Waals surface area contributed by atoms with Gasteiger partial charge in [-0.2, -0.15) is 0 Å². The number of carbonyl (C=O) groups is 1. The normalized spacial score (nSPS) is 13.4. The predicted molar refractivity (Wildman–Crippen MR) is 135 cm³/mol. The van der Waals surface area contributed by atoms with Crippen LogP contribution in [0.25, 0.3) is 0 Å². The van der Waals surface area contributed by atoms with Gasteiger partial charge in [0, 0.05) is 37.4 Å². The second-order valence-corrected chi connectivity index (χ2v) is 10.5. The average Bonchev–Trinajstić information content (AvgIpc) is 2.86. The van der Waals surface area contributed by atoms with E-state index in [0.29, 0.717) is 0 Å². The number of hydrogen-bond donors (Lipinski definition) is 2. The van der Waals surface area contributed by atoms with Crippen molar-refractivity contribution in [3.8, 4) is 5.75 Å². The Morgan fingerprint density at radius 2 is 1.89 bits per heavy atom. The Morgan fingerprint density at radius 1 is 1.11 bits per heavy atom. The Bertz CT molecular complexity index is 1310. The first-order chi connectivity index (χ1) is 16.8. The quantitative estimate of drug-likeness (QED) is 0.499. The molecule has 0 saturated carbocycles. The third-order valence-electron chi connectivity index (χ3n) is 5.82. The maximum Gasteiger partial charge on any atom is 0.251 e. The number of pyridine rings is 1. The van der Waals surface area contributed by atoms with Gasteiger partial charge < -0.3 is 15.0 Å². The molecule has 2 aromatic carbocycles. The molecule has 0 bridgehead atoms. The molecule has 1 aromatic heterocycles. The summed E-state index contributed by atoms with van der Waals surface area (Å²) in [5.41, 5.74) is 3.78. The number of ether oxygens (including phenoxy) is 1. The highest BCUT2D eigenvalue weighted by molar-refractivity contribution is 7.89. The minimum Gasteiger partial charge on any atom is -0.495 e. The number of methoxy groups -OCH3 is 1. The SMILES string of the molecule is COc1ccc(C(=O)NCc2ccc(N3CCc4ccccc4C3)nc2)cc1S(=O)(=O)NC(C)C. The fourth-order valence-corrected chi connectivity index (χ4v) is 5.53. The number of amides is 1. The number of carbonyl (C=O) groups excluding carboxylic acids is 1. The van der Waals surface area contributed by atoms with Gasteiger partial charge in [-0.25, -0.2) is 18.1 Å². The van der Waals surface area contributed by atoms with Crippen molar-refractivity contribution in [2.75, 3.05) is 18.6 Å². The molecule has 8 nitrogen and oxygen atoms in total. The topological polar surface area (TPSA) is 101 Å². The molecule has 0 radical (unpaired) electrons. The molecule has 9 heteroatoms. The molecule has 35 heavy (non-hydrogen) atoms. The zero-order chi connectivity index (χ0) is 25.0. The minimum atomic E-state index is -3.83. The maximum absolute atomic E-state index is 12.8. The van der Waals surface area contributed by atoms with Crippen LogP contribution < -0.4 is 19.7 Å². The zero-order valence-electron chi connectivity index (χ0n) is 20.1. The van der Waals surface area contributed by atoms with Crippen molar-refractivity contribution in [1.29, 1.82) is 0 Å². The summed E-state index contributed by atoms with van der Waals surface area (Å²) < 4.78 is 33.1. The summed E-state index contributed by atoms with van der Waals surface area (Å²) >= 11 is 0. The molecule has 184 valence electrons. The predicted octanol–water partition coefficient (Wildman–Crippen LogP) is 3.27. The first-order valence-electron chi connectivity index (χ1n) is 11.5. The van der Waals surface area contributed by atoms with Crippen LogP contribution in [0.3, 0.4) is 0 Å². The van der Waals surface area contributed by atoms with Gasteiger partial charge in [0.1, 0.15) is 16.5 Å². The summed E-state index contributed by atoms with van der Waals surface area (Å²) in [7, 11) is -2.44. The van der Waals surface area contributed by atoms with Crippen LogP contribution in [0.5, 0.6) is 5.75 Å². The van der Waals surface area contributed by atoms with E-state index in [9.17, 15) is 13.2 Å². The van der Waals surface area contributed by atoms with Crippen molar-refractivity contribution in [3.05, 3.63) is 83.0 Å². The van der Waals surface area contributed by atoms with E-state index in [2.05, 4.69) is 44.2 Å². The molecule has 1 amide bonds. The second-order valence-electron chi connectivity index (χ2n) is 8.79. The van der Waals surface area contributed by atoms with Gasteiger partial charge in [-0.05, 0) is 61.2 Å². The van der Waals surface area contributed by atoms with Crippen molar-refractivity contribution in [1.82, 2.24) is 15.0 Å². The highest BCUT2D eigenvalue weighted by Crippen LogP contribution is 2.26. The Morgan fingerprint density at radius 3 is 2.57 bits per heavy atom. The highest BCUT2D eigenvalue weighted by atomic mass is 32.2. The third kappa shape index (κ3) is 5.80. The van der Waals surface area contributed by atoms with Gasteiger partial charge >= 0.3 is 0 Å². The van der Waals surface area contributed by atoms with Gasteiger partial charge in [-0.15, -0.1) is 0 Å². The molecule has 1 aliphatic rings. The monoisotopic (exact) mass is 494 g/mol. The van der Waals surface area contributed by atoms with E-state index in [1.54, 1.807) is 20.0 Å². The second kappa shape index (κ2) is 10.5. The van der Waals surface area contributed by atoms with Crippen LogP contribution in [-0.4, -0.2) is 39.0 Å². The summed E-state index contributed by atoms with van der Waals surface area (Å²) in [5.74, 6) is 0.692. The van der Waals surface area contributed by atoms with E-state index in [-0.39, 0.29) is 34.7 Å². The maximum atomic E-state index is 12.8. The van der Waals surface area contributed by atoms with E-state index in [0.717, 1.165) is 30.9 Å². The Kier molecular flexibility index (Phi) is 7.37. The molecular formula is C26H30N4O4S. The lowest BCUT2D eigenvalue weighted by atomic mass is 10.00.